The number of carbonyl (C=O) groups is 3. The molecule has 0 saturated carbocycles. The fourth-order valence-electron chi connectivity index (χ4n) is 2.67. The molecule has 1 amide bonds. The summed E-state index contributed by atoms with van der Waals surface area (Å²) in [5, 5.41) is 12.1. The molecule has 0 heterocycles. The number of aliphatic carboxylic acids is 1. The zero-order valence-corrected chi connectivity index (χ0v) is 17.4. The van der Waals surface area contributed by atoms with Crippen molar-refractivity contribution in [2.75, 3.05) is 0 Å². The van der Waals surface area contributed by atoms with Crippen LogP contribution in [0, 0.1) is 11.8 Å². The monoisotopic (exact) mass is 393 g/mol. The van der Waals surface area contributed by atoms with Gasteiger partial charge in [0, 0.05) is 6.42 Å². The van der Waals surface area contributed by atoms with Gasteiger partial charge in [0.1, 0.15) is 5.60 Å². The number of hydrogen-bond donors (Lipinski definition) is 2. The molecular formula is C21H31NO6. The minimum absolute atomic E-state index is 0.0919. The number of ether oxygens (including phenoxy) is 2. The second kappa shape index (κ2) is 9.57. The fourth-order valence-corrected chi connectivity index (χ4v) is 2.67. The van der Waals surface area contributed by atoms with Crippen molar-refractivity contribution in [3.8, 4) is 0 Å². The molecule has 0 aliphatic carbocycles. The Kier molecular flexibility index (Phi) is 8.02. The molecule has 7 nitrogen and oxygen atoms in total. The number of benzene rings is 1. The van der Waals surface area contributed by atoms with Crippen molar-refractivity contribution in [3.63, 3.8) is 0 Å². The Morgan fingerprint density at radius 1 is 1.04 bits per heavy atom. The molecule has 0 aliphatic heterocycles. The second-order valence-electron chi connectivity index (χ2n) is 8.37. The quantitative estimate of drug-likeness (QED) is 0.515. The van der Waals surface area contributed by atoms with Crippen LogP contribution in [-0.4, -0.2) is 34.5 Å². The van der Waals surface area contributed by atoms with Crippen LogP contribution in [0.25, 0.3) is 0 Å². The average molecular weight is 393 g/mol. The van der Waals surface area contributed by atoms with Crippen molar-refractivity contribution in [3.05, 3.63) is 35.9 Å². The molecule has 0 aromatic heterocycles. The molecule has 2 N–H and O–H groups in total. The highest BCUT2D eigenvalue weighted by atomic mass is 16.6. The van der Waals surface area contributed by atoms with Crippen LogP contribution in [0.4, 0.5) is 4.79 Å². The predicted molar refractivity (Wildman–Crippen MR) is 105 cm³/mol. The maximum absolute atomic E-state index is 12.6. The van der Waals surface area contributed by atoms with Gasteiger partial charge in [-0.3, -0.25) is 10.1 Å². The second-order valence-corrected chi connectivity index (χ2v) is 8.37. The number of rotatable bonds is 8. The van der Waals surface area contributed by atoms with Gasteiger partial charge in [-0.1, -0.05) is 51.1 Å². The summed E-state index contributed by atoms with van der Waals surface area (Å²) >= 11 is 0. The first kappa shape index (κ1) is 23.5. The zero-order chi connectivity index (χ0) is 21.5. The molecule has 0 fully saturated rings. The number of nitrogens with one attached hydrogen (secondary N) is 1. The van der Waals surface area contributed by atoms with E-state index in [-0.39, 0.29) is 12.3 Å². The number of alkyl carbamates (subject to hydrolysis) is 1. The van der Waals surface area contributed by atoms with E-state index in [9.17, 15) is 19.5 Å². The van der Waals surface area contributed by atoms with E-state index in [0.717, 1.165) is 5.56 Å². The van der Waals surface area contributed by atoms with Gasteiger partial charge in [-0.25, -0.2) is 9.59 Å². The Morgan fingerprint density at radius 3 is 2.07 bits per heavy atom. The molecule has 0 radical (unpaired) electrons. The Balaban J connectivity index is 3.01. The summed E-state index contributed by atoms with van der Waals surface area (Å²) in [6, 6.07) is 9.34. The Bertz CT molecular complexity index is 680. The summed E-state index contributed by atoms with van der Waals surface area (Å²) in [5.74, 6) is -2.91. The van der Waals surface area contributed by atoms with Crippen LogP contribution in [0.1, 0.15) is 53.5 Å². The van der Waals surface area contributed by atoms with Gasteiger partial charge in [0.05, 0.1) is 5.92 Å². The molecule has 0 saturated heterocycles. The Labute approximate surface area is 166 Å². The summed E-state index contributed by atoms with van der Waals surface area (Å²) in [4.78, 5) is 36.9. The lowest BCUT2D eigenvalue weighted by molar-refractivity contribution is -0.187. The Morgan fingerprint density at radius 2 is 1.61 bits per heavy atom. The summed E-state index contributed by atoms with van der Waals surface area (Å²) < 4.78 is 10.5. The van der Waals surface area contributed by atoms with Crippen LogP contribution in [-0.2, 0) is 25.5 Å². The van der Waals surface area contributed by atoms with Crippen molar-refractivity contribution in [2.24, 2.45) is 11.8 Å². The summed E-state index contributed by atoms with van der Waals surface area (Å²) in [6.45, 7) is 10.2. The van der Waals surface area contributed by atoms with Crippen LogP contribution in [0.2, 0.25) is 0 Å². The van der Waals surface area contributed by atoms with E-state index in [1.54, 1.807) is 41.5 Å². The van der Waals surface area contributed by atoms with Crippen LogP contribution >= 0.6 is 0 Å². The van der Waals surface area contributed by atoms with Crippen molar-refractivity contribution in [1.29, 1.82) is 0 Å². The predicted octanol–water partition coefficient (Wildman–Crippen LogP) is 3.76. The molecule has 0 bridgehead atoms. The van der Waals surface area contributed by atoms with Gasteiger partial charge in [-0.2, -0.15) is 0 Å². The summed E-state index contributed by atoms with van der Waals surface area (Å²) in [5.41, 5.74) is -2.09. The highest BCUT2D eigenvalue weighted by Gasteiger charge is 2.46. The fraction of sp³-hybridized carbons (Fsp3) is 0.571. The van der Waals surface area contributed by atoms with E-state index < -0.39 is 35.3 Å². The first-order valence-corrected chi connectivity index (χ1v) is 9.36. The SMILES string of the molecule is CC(C)CC(NC(=O)OC(C)(C)C)(OC(=O)C(C)Cc1ccccc1)C(=O)O. The van der Waals surface area contributed by atoms with Crippen LogP contribution in [0.5, 0.6) is 0 Å². The lowest BCUT2D eigenvalue weighted by Crippen LogP contribution is -2.59. The maximum atomic E-state index is 12.6. The Hall–Kier alpha value is -2.57. The number of carbonyl (C=O) groups excluding carboxylic acids is 2. The van der Waals surface area contributed by atoms with Crippen LogP contribution in [0.3, 0.4) is 0 Å². The van der Waals surface area contributed by atoms with E-state index in [2.05, 4.69) is 5.32 Å². The van der Waals surface area contributed by atoms with Crippen molar-refractivity contribution >= 4 is 18.0 Å². The van der Waals surface area contributed by atoms with Gasteiger partial charge in [-0.05, 0) is 38.7 Å². The minimum Gasteiger partial charge on any atom is -0.477 e. The lowest BCUT2D eigenvalue weighted by atomic mass is 9.98. The third-order valence-corrected chi connectivity index (χ3v) is 3.81. The molecule has 0 spiro atoms. The highest BCUT2D eigenvalue weighted by Crippen LogP contribution is 2.23. The largest absolute Gasteiger partial charge is 0.477 e. The van der Waals surface area contributed by atoms with Crippen LogP contribution in [0.15, 0.2) is 30.3 Å². The molecule has 156 valence electrons. The average Bonchev–Trinajstić information content (AvgIpc) is 2.52. The standard InChI is InChI=1S/C21H31NO6/c1-14(2)13-21(18(24)25,22-19(26)28-20(4,5)6)27-17(23)15(3)12-16-10-8-7-9-11-16/h7-11,14-15H,12-13H2,1-6H3,(H,22,26)(H,24,25). The molecule has 28 heavy (non-hydrogen) atoms. The van der Waals surface area contributed by atoms with E-state index in [0.29, 0.717) is 6.42 Å². The molecule has 2 unspecified atom stereocenters. The molecule has 2 atom stereocenters. The molecule has 1 aromatic rings. The van der Waals surface area contributed by atoms with Gasteiger partial charge in [0.15, 0.2) is 0 Å². The number of carboxylic acid groups (broad SMARTS) is 1. The van der Waals surface area contributed by atoms with Gasteiger partial charge < -0.3 is 14.6 Å². The first-order chi connectivity index (χ1) is 12.8. The third kappa shape index (κ3) is 7.58. The van der Waals surface area contributed by atoms with E-state index in [1.807, 2.05) is 30.3 Å². The molecule has 7 heteroatoms. The number of carboxylic acids is 1. The first-order valence-electron chi connectivity index (χ1n) is 9.36. The van der Waals surface area contributed by atoms with Crippen LogP contribution < -0.4 is 5.32 Å². The number of amides is 1. The van der Waals surface area contributed by atoms with E-state index in [1.165, 1.54) is 0 Å². The van der Waals surface area contributed by atoms with Crippen molar-refractivity contribution in [1.82, 2.24) is 5.32 Å². The normalized spacial score (nSPS) is 14.7. The van der Waals surface area contributed by atoms with E-state index >= 15 is 0 Å². The number of esters is 1. The summed E-state index contributed by atoms with van der Waals surface area (Å²) in [7, 11) is 0. The van der Waals surface area contributed by atoms with Gasteiger partial charge in [0.25, 0.3) is 5.72 Å². The van der Waals surface area contributed by atoms with Gasteiger partial charge in [0.2, 0.25) is 0 Å². The van der Waals surface area contributed by atoms with Gasteiger partial charge in [-0.15, -0.1) is 0 Å². The highest BCUT2D eigenvalue weighted by molar-refractivity contribution is 5.86. The lowest BCUT2D eigenvalue weighted by Gasteiger charge is -2.33. The molecule has 0 aliphatic rings. The topological polar surface area (TPSA) is 102 Å². The molecule has 1 aromatic carbocycles. The van der Waals surface area contributed by atoms with Gasteiger partial charge >= 0.3 is 18.0 Å². The van der Waals surface area contributed by atoms with E-state index in [4.69, 9.17) is 9.47 Å². The third-order valence-electron chi connectivity index (χ3n) is 3.81. The molecule has 1 rings (SSSR count). The van der Waals surface area contributed by atoms with Crippen molar-refractivity contribution < 1.29 is 29.0 Å². The maximum Gasteiger partial charge on any atom is 0.411 e. The zero-order valence-electron chi connectivity index (χ0n) is 17.4. The molecular weight excluding hydrogens is 362 g/mol. The smallest absolute Gasteiger partial charge is 0.411 e. The minimum atomic E-state index is -2.20. The number of hydrogen-bond acceptors (Lipinski definition) is 5. The summed E-state index contributed by atoms with van der Waals surface area (Å²) in [6.07, 6.45) is -0.659. The van der Waals surface area contributed by atoms with Crippen molar-refractivity contribution in [2.45, 2.75) is 65.7 Å².